The monoisotopic (exact) mass is 237 g/mol. The van der Waals surface area contributed by atoms with Crippen molar-refractivity contribution in [2.24, 2.45) is 0 Å². The van der Waals surface area contributed by atoms with Gasteiger partial charge in [0.05, 0.1) is 11.2 Å². The van der Waals surface area contributed by atoms with Gasteiger partial charge >= 0.3 is 0 Å². The Kier molecular flexibility index (Phi) is 3.28. The molecule has 1 aromatic heterocycles. The summed E-state index contributed by atoms with van der Waals surface area (Å²) >= 11 is 0. The van der Waals surface area contributed by atoms with Crippen LogP contribution in [0.3, 0.4) is 0 Å². The van der Waals surface area contributed by atoms with Crippen molar-refractivity contribution in [1.82, 2.24) is 4.57 Å². The normalized spacial score (nSPS) is 10.2. The molecule has 1 aromatic carbocycles. The minimum Gasteiger partial charge on any atom is -0.336 e. The molecular formula is C16H15NO. The zero-order valence-corrected chi connectivity index (χ0v) is 10.2. The maximum absolute atomic E-state index is 12.3. The van der Waals surface area contributed by atoms with Crippen LogP contribution in [0.4, 0.5) is 0 Å². The average Bonchev–Trinajstić information content (AvgIpc) is 2.41. The lowest BCUT2D eigenvalue weighted by Crippen LogP contribution is -2.16. The quantitative estimate of drug-likeness (QED) is 0.746. The number of fused-ring (bicyclic) bond motifs is 1. The van der Waals surface area contributed by atoms with Crippen molar-refractivity contribution in [3.05, 3.63) is 71.6 Å². The van der Waals surface area contributed by atoms with Gasteiger partial charge in [0.25, 0.3) is 0 Å². The molecule has 2 nitrogen and oxygen atoms in total. The molecule has 0 N–H and O–H groups in total. The SMILES string of the molecule is C=CCn1c(C=C)c(C=C)c(=O)c2ccccc21. The third-order valence-electron chi connectivity index (χ3n) is 2.96. The van der Waals surface area contributed by atoms with Crippen LogP contribution >= 0.6 is 0 Å². The number of aromatic nitrogens is 1. The van der Waals surface area contributed by atoms with Crippen LogP contribution in [0.5, 0.6) is 0 Å². The first kappa shape index (κ1) is 12.1. The Morgan fingerprint density at radius 2 is 1.83 bits per heavy atom. The topological polar surface area (TPSA) is 22.0 Å². The van der Waals surface area contributed by atoms with Gasteiger partial charge in [-0.1, -0.05) is 37.4 Å². The molecule has 0 aliphatic heterocycles. The second kappa shape index (κ2) is 4.88. The van der Waals surface area contributed by atoms with Crippen LogP contribution in [-0.2, 0) is 6.54 Å². The van der Waals surface area contributed by atoms with Gasteiger partial charge in [0.15, 0.2) is 5.43 Å². The van der Waals surface area contributed by atoms with Crippen LogP contribution in [0.2, 0.25) is 0 Å². The Balaban J connectivity index is 3.05. The van der Waals surface area contributed by atoms with Crippen molar-refractivity contribution in [3.8, 4) is 0 Å². The zero-order valence-electron chi connectivity index (χ0n) is 10.2. The molecule has 0 amide bonds. The summed E-state index contributed by atoms with van der Waals surface area (Å²) in [5, 5.41) is 0.694. The predicted octanol–water partition coefficient (Wildman–Crippen LogP) is 3.47. The van der Waals surface area contributed by atoms with E-state index in [-0.39, 0.29) is 5.43 Å². The van der Waals surface area contributed by atoms with Gasteiger partial charge in [0.1, 0.15) is 0 Å². The Morgan fingerprint density at radius 1 is 1.11 bits per heavy atom. The Bertz CT molecular complexity index is 692. The molecular weight excluding hydrogens is 222 g/mol. The molecule has 0 fully saturated rings. The van der Waals surface area contributed by atoms with Crippen molar-refractivity contribution in [2.75, 3.05) is 0 Å². The van der Waals surface area contributed by atoms with Crippen molar-refractivity contribution >= 4 is 23.1 Å². The van der Waals surface area contributed by atoms with E-state index in [0.717, 1.165) is 11.2 Å². The van der Waals surface area contributed by atoms with E-state index >= 15 is 0 Å². The molecule has 1 heterocycles. The fourth-order valence-electron chi connectivity index (χ4n) is 2.18. The summed E-state index contributed by atoms with van der Waals surface area (Å²) in [5.74, 6) is 0. The summed E-state index contributed by atoms with van der Waals surface area (Å²) in [6, 6.07) is 7.54. The molecule has 2 aromatic rings. The van der Waals surface area contributed by atoms with E-state index in [0.29, 0.717) is 17.5 Å². The molecule has 2 rings (SSSR count). The Hall–Kier alpha value is -2.35. The summed E-state index contributed by atoms with van der Waals surface area (Å²) in [6.07, 6.45) is 5.08. The van der Waals surface area contributed by atoms with E-state index in [1.165, 1.54) is 0 Å². The minimum absolute atomic E-state index is 0.00388. The highest BCUT2D eigenvalue weighted by Crippen LogP contribution is 2.18. The maximum Gasteiger partial charge on any atom is 0.197 e. The average molecular weight is 237 g/mol. The second-order valence-corrected chi connectivity index (χ2v) is 3.95. The smallest absolute Gasteiger partial charge is 0.197 e. The number of nitrogens with zero attached hydrogens (tertiary/aromatic N) is 1. The van der Waals surface area contributed by atoms with Gasteiger partial charge in [-0.05, 0) is 18.2 Å². The van der Waals surface area contributed by atoms with Crippen LogP contribution in [-0.4, -0.2) is 4.57 Å². The second-order valence-electron chi connectivity index (χ2n) is 3.95. The largest absolute Gasteiger partial charge is 0.336 e. The standard InChI is InChI=1S/C16H15NO/c1-4-11-17-14(6-3)12(5-2)16(18)13-9-7-8-10-15(13)17/h4-10H,1-3,11H2. The Morgan fingerprint density at radius 3 is 2.44 bits per heavy atom. The van der Waals surface area contributed by atoms with Crippen molar-refractivity contribution in [3.63, 3.8) is 0 Å². The summed E-state index contributed by atoms with van der Waals surface area (Å²) in [5.41, 5.74) is 2.26. The van der Waals surface area contributed by atoms with E-state index in [4.69, 9.17) is 0 Å². The molecule has 2 heteroatoms. The van der Waals surface area contributed by atoms with Crippen LogP contribution in [0.15, 0.2) is 54.9 Å². The van der Waals surface area contributed by atoms with Crippen LogP contribution in [0.1, 0.15) is 11.3 Å². The molecule has 0 saturated heterocycles. The van der Waals surface area contributed by atoms with Gasteiger partial charge < -0.3 is 4.57 Å². The summed E-state index contributed by atoms with van der Waals surface area (Å²) < 4.78 is 2.02. The summed E-state index contributed by atoms with van der Waals surface area (Å²) in [4.78, 5) is 12.3. The van der Waals surface area contributed by atoms with E-state index in [1.54, 1.807) is 18.2 Å². The molecule has 0 aliphatic carbocycles. The van der Waals surface area contributed by atoms with Crippen LogP contribution < -0.4 is 5.43 Å². The summed E-state index contributed by atoms with van der Waals surface area (Å²) in [6.45, 7) is 11.9. The summed E-state index contributed by atoms with van der Waals surface area (Å²) in [7, 11) is 0. The van der Waals surface area contributed by atoms with E-state index < -0.39 is 0 Å². The lowest BCUT2D eigenvalue weighted by atomic mass is 10.1. The van der Waals surface area contributed by atoms with Gasteiger partial charge in [0, 0.05) is 17.5 Å². The molecule has 0 saturated carbocycles. The lowest BCUT2D eigenvalue weighted by Gasteiger charge is -2.15. The first-order valence-electron chi connectivity index (χ1n) is 5.76. The van der Waals surface area contributed by atoms with Crippen molar-refractivity contribution < 1.29 is 0 Å². The number of pyridine rings is 1. The molecule has 0 radical (unpaired) electrons. The lowest BCUT2D eigenvalue weighted by molar-refractivity contribution is 0.840. The third kappa shape index (κ3) is 1.72. The molecule has 0 bridgehead atoms. The third-order valence-corrected chi connectivity index (χ3v) is 2.96. The predicted molar refractivity (Wildman–Crippen MR) is 78.6 cm³/mol. The maximum atomic E-state index is 12.3. The molecule has 0 atom stereocenters. The fraction of sp³-hybridized carbons (Fsp3) is 0.0625. The number of allylic oxidation sites excluding steroid dienone is 1. The highest BCUT2D eigenvalue weighted by atomic mass is 16.1. The van der Waals surface area contributed by atoms with Crippen molar-refractivity contribution in [1.29, 1.82) is 0 Å². The molecule has 0 unspecified atom stereocenters. The highest BCUT2D eigenvalue weighted by molar-refractivity contribution is 5.84. The number of benzene rings is 1. The van der Waals surface area contributed by atoms with E-state index in [2.05, 4.69) is 19.7 Å². The zero-order chi connectivity index (χ0) is 13.1. The number of para-hydroxylation sites is 1. The van der Waals surface area contributed by atoms with Crippen molar-refractivity contribution in [2.45, 2.75) is 6.54 Å². The number of hydrogen-bond acceptors (Lipinski definition) is 1. The van der Waals surface area contributed by atoms with Gasteiger partial charge in [-0.25, -0.2) is 0 Å². The van der Waals surface area contributed by atoms with E-state index in [1.807, 2.05) is 28.8 Å². The first-order chi connectivity index (χ1) is 8.74. The molecule has 0 aliphatic rings. The van der Waals surface area contributed by atoms with Gasteiger partial charge in [-0.3, -0.25) is 4.79 Å². The van der Waals surface area contributed by atoms with Crippen LogP contribution in [0, 0.1) is 0 Å². The van der Waals surface area contributed by atoms with Crippen LogP contribution in [0.25, 0.3) is 23.1 Å². The number of rotatable bonds is 4. The molecule has 0 spiro atoms. The first-order valence-corrected chi connectivity index (χ1v) is 5.76. The van der Waals surface area contributed by atoms with Gasteiger partial charge in [-0.15, -0.1) is 6.58 Å². The fourth-order valence-corrected chi connectivity index (χ4v) is 2.18. The molecule has 90 valence electrons. The number of hydrogen-bond donors (Lipinski definition) is 0. The molecule has 18 heavy (non-hydrogen) atoms. The van der Waals surface area contributed by atoms with E-state index in [9.17, 15) is 4.79 Å². The van der Waals surface area contributed by atoms with Gasteiger partial charge in [-0.2, -0.15) is 0 Å². The minimum atomic E-state index is -0.00388. The Labute approximate surface area is 106 Å². The van der Waals surface area contributed by atoms with Gasteiger partial charge in [0.2, 0.25) is 0 Å². The highest BCUT2D eigenvalue weighted by Gasteiger charge is 2.11.